The van der Waals surface area contributed by atoms with E-state index in [4.69, 9.17) is 4.74 Å². The summed E-state index contributed by atoms with van der Waals surface area (Å²) in [6.45, 7) is 8.13. The summed E-state index contributed by atoms with van der Waals surface area (Å²) in [7, 11) is 1.36. The van der Waals surface area contributed by atoms with E-state index < -0.39 is 0 Å². The fraction of sp³-hybridized carbons (Fsp3) is 0.688. The summed E-state index contributed by atoms with van der Waals surface area (Å²) in [6, 6.07) is 0. The van der Waals surface area contributed by atoms with E-state index in [1.807, 2.05) is 26.0 Å². The molecule has 0 amide bonds. The minimum Gasteiger partial charge on any atom is -0.466 e. The van der Waals surface area contributed by atoms with Crippen LogP contribution >= 0.6 is 0 Å². The number of aliphatic hydroxyl groups excluding tert-OH is 1. The molecule has 112 valence electrons. The average molecular weight is 280 g/mol. The van der Waals surface area contributed by atoms with Gasteiger partial charge in [-0.1, -0.05) is 19.9 Å². The van der Waals surface area contributed by atoms with Gasteiger partial charge in [0.2, 0.25) is 0 Å². The molecule has 4 nitrogen and oxygen atoms in total. The third-order valence-electron chi connectivity index (χ3n) is 4.63. The molecule has 1 saturated heterocycles. The lowest BCUT2D eigenvalue weighted by atomic mass is 9.63. The molecule has 1 N–H and O–H groups in total. The number of esters is 1. The van der Waals surface area contributed by atoms with Crippen LogP contribution in [0.1, 0.15) is 40.5 Å². The second-order valence-electron chi connectivity index (χ2n) is 6.76. The quantitative estimate of drug-likeness (QED) is 0.373. The van der Waals surface area contributed by atoms with Gasteiger partial charge in [0.1, 0.15) is 11.2 Å². The number of carbonyl (C=O) groups excluding carboxylic acids is 1. The Hall–Kier alpha value is -1.13. The maximum atomic E-state index is 11.2. The first-order chi connectivity index (χ1) is 9.16. The summed E-state index contributed by atoms with van der Waals surface area (Å²) in [6.07, 6.45) is 6.45. The summed E-state index contributed by atoms with van der Waals surface area (Å²) in [5.74, 6) is -0.359. The molecule has 0 spiro atoms. The van der Waals surface area contributed by atoms with E-state index in [0.717, 1.165) is 5.57 Å². The highest BCUT2D eigenvalue weighted by Crippen LogP contribution is 2.66. The zero-order chi connectivity index (χ0) is 15.2. The molecule has 0 aromatic heterocycles. The van der Waals surface area contributed by atoms with Crippen molar-refractivity contribution >= 4 is 5.97 Å². The molecule has 1 saturated carbocycles. The number of hydrogen-bond donors (Lipinski definition) is 1. The lowest BCUT2D eigenvalue weighted by Crippen LogP contribution is -2.46. The van der Waals surface area contributed by atoms with Gasteiger partial charge < -0.3 is 14.6 Å². The summed E-state index contributed by atoms with van der Waals surface area (Å²) in [5.41, 5.74) is 0.0215. The summed E-state index contributed by atoms with van der Waals surface area (Å²) in [4.78, 5) is 11.2. The molecule has 2 rings (SSSR count). The number of rotatable bonds is 3. The maximum Gasteiger partial charge on any atom is 0.330 e. The standard InChI is InChI=1S/C16H24O4/c1-11(8-13(18)19-5)6-7-16-14(2,3)9-12(17)10-15(16,4)20-16/h6-8,12,17H,9-10H2,1-5H3/t12-,15?,16?/m0/s1. The Morgan fingerprint density at radius 1 is 1.35 bits per heavy atom. The lowest BCUT2D eigenvalue weighted by Gasteiger charge is -2.39. The van der Waals surface area contributed by atoms with Crippen LogP contribution in [0.25, 0.3) is 0 Å². The molecule has 20 heavy (non-hydrogen) atoms. The van der Waals surface area contributed by atoms with Crippen molar-refractivity contribution in [3.8, 4) is 0 Å². The van der Waals surface area contributed by atoms with E-state index in [2.05, 4.69) is 18.6 Å². The zero-order valence-corrected chi connectivity index (χ0v) is 12.9. The molecule has 2 aliphatic rings. The van der Waals surface area contributed by atoms with E-state index in [0.29, 0.717) is 12.8 Å². The minimum atomic E-state index is -0.359. The van der Waals surface area contributed by atoms with E-state index >= 15 is 0 Å². The van der Waals surface area contributed by atoms with Crippen molar-refractivity contribution in [1.82, 2.24) is 0 Å². The van der Waals surface area contributed by atoms with E-state index in [-0.39, 0.29) is 28.7 Å². The highest BCUT2D eigenvalue weighted by molar-refractivity contribution is 5.83. The monoisotopic (exact) mass is 280 g/mol. The van der Waals surface area contributed by atoms with Crippen molar-refractivity contribution < 1.29 is 19.4 Å². The number of hydrogen-bond acceptors (Lipinski definition) is 4. The first-order valence-electron chi connectivity index (χ1n) is 6.99. The van der Waals surface area contributed by atoms with Crippen LogP contribution in [0.5, 0.6) is 0 Å². The van der Waals surface area contributed by atoms with Gasteiger partial charge in [-0.15, -0.1) is 0 Å². The minimum absolute atomic E-state index is 0.137. The maximum absolute atomic E-state index is 11.2. The third-order valence-corrected chi connectivity index (χ3v) is 4.63. The van der Waals surface area contributed by atoms with Gasteiger partial charge in [-0.05, 0) is 31.9 Å². The molecule has 4 heteroatoms. The molecular formula is C16H24O4. The SMILES string of the molecule is COC(=O)C=C(C)C=CC12OC1(C)C[C@@H](O)CC2(C)C. The fourth-order valence-electron chi connectivity index (χ4n) is 3.62. The smallest absolute Gasteiger partial charge is 0.330 e. The first-order valence-corrected chi connectivity index (χ1v) is 6.99. The van der Waals surface area contributed by atoms with E-state index in [9.17, 15) is 9.90 Å². The first kappa shape index (κ1) is 15.3. The largest absolute Gasteiger partial charge is 0.466 e. The van der Waals surface area contributed by atoms with Gasteiger partial charge in [-0.2, -0.15) is 0 Å². The van der Waals surface area contributed by atoms with E-state index in [1.165, 1.54) is 13.2 Å². The van der Waals surface area contributed by atoms with Gasteiger partial charge in [0.15, 0.2) is 0 Å². The number of aliphatic hydroxyl groups is 1. The fourth-order valence-corrected chi connectivity index (χ4v) is 3.62. The lowest BCUT2D eigenvalue weighted by molar-refractivity contribution is -0.134. The van der Waals surface area contributed by atoms with Gasteiger partial charge >= 0.3 is 5.97 Å². The summed E-state index contributed by atoms with van der Waals surface area (Å²) in [5, 5.41) is 9.97. The van der Waals surface area contributed by atoms with Gasteiger partial charge in [0.05, 0.1) is 13.2 Å². The van der Waals surface area contributed by atoms with Crippen LogP contribution in [0.15, 0.2) is 23.8 Å². The second-order valence-corrected chi connectivity index (χ2v) is 6.76. The highest BCUT2D eigenvalue weighted by Gasteiger charge is 2.74. The molecule has 1 aliphatic carbocycles. The van der Waals surface area contributed by atoms with Crippen molar-refractivity contribution in [3.63, 3.8) is 0 Å². The van der Waals surface area contributed by atoms with Crippen LogP contribution in [0, 0.1) is 5.41 Å². The Morgan fingerprint density at radius 2 is 2.00 bits per heavy atom. The number of allylic oxidation sites excluding steroid dienone is 2. The Kier molecular flexibility index (Phi) is 3.59. The van der Waals surface area contributed by atoms with Gasteiger partial charge in [0, 0.05) is 17.9 Å². The van der Waals surface area contributed by atoms with Crippen molar-refractivity contribution in [1.29, 1.82) is 0 Å². The normalized spacial score (nSPS) is 39.5. The van der Waals surface area contributed by atoms with Crippen LogP contribution in [0.3, 0.4) is 0 Å². The molecule has 0 radical (unpaired) electrons. The number of methoxy groups -OCH3 is 1. The topological polar surface area (TPSA) is 59.1 Å². The second kappa shape index (κ2) is 4.71. The van der Waals surface area contributed by atoms with Gasteiger partial charge in [-0.25, -0.2) is 4.79 Å². The molecule has 0 bridgehead atoms. The molecule has 1 heterocycles. The number of carbonyl (C=O) groups is 1. The Labute approximate surface area is 120 Å². The predicted molar refractivity (Wildman–Crippen MR) is 76.2 cm³/mol. The highest BCUT2D eigenvalue weighted by atomic mass is 16.6. The molecule has 0 aromatic rings. The molecule has 2 unspecified atom stereocenters. The molecule has 1 aliphatic heterocycles. The molecule has 2 fully saturated rings. The Morgan fingerprint density at radius 3 is 2.55 bits per heavy atom. The van der Waals surface area contributed by atoms with Crippen LogP contribution in [-0.2, 0) is 14.3 Å². The predicted octanol–water partition coefficient (Wildman–Crippen LogP) is 2.37. The molecule has 3 atom stereocenters. The van der Waals surface area contributed by atoms with Gasteiger partial charge in [0.25, 0.3) is 0 Å². The van der Waals surface area contributed by atoms with Crippen LogP contribution in [0.2, 0.25) is 0 Å². The van der Waals surface area contributed by atoms with Crippen LogP contribution < -0.4 is 0 Å². The van der Waals surface area contributed by atoms with Gasteiger partial charge in [-0.3, -0.25) is 0 Å². The van der Waals surface area contributed by atoms with Crippen molar-refractivity contribution in [2.75, 3.05) is 7.11 Å². The Bertz CT molecular complexity index is 477. The summed E-state index contributed by atoms with van der Waals surface area (Å²) >= 11 is 0. The molecule has 0 aromatic carbocycles. The van der Waals surface area contributed by atoms with Crippen LogP contribution in [0.4, 0.5) is 0 Å². The van der Waals surface area contributed by atoms with Crippen molar-refractivity contribution in [2.45, 2.75) is 57.8 Å². The zero-order valence-electron chi connectivity index (χ0n) is 12.9. The average Bonchev–Trinajstić information content (AvgIpc) is 2.92. The molecular weight excluding hydrogens is 256 g/mol. The van der Waals surface area contributed by atoms with E-state index in [1.54, 1.807) is 0 Å². The third kappa shape index (κ3) is 2.31. The summed E-state index contributed by atoms with van der Waals surface area (Å²) < 4.78 is 10.6. The number of fused-ring (bicyclic) bond motifs is 1. The number of ether oxygens (including phenoxy) is 2. The van der Waals surface area contributed by atoms with Crippen LogP contribution in [-0.4, -0.2) is 35.5 Å². The van der Waals surface area contributed by atoms with Crippen molar-refractivity contribution in [3.05, 3.63) is 23.8 Å². The Balaban J connectivity index is 2.21. The number of epoxide rings is 1. The van der Waals surface area contributed by atoms with Crippen molar-refractivity contribution in [2.24, 2.45) is 5.41 Å².